The zero-order chi connectivity index (χ0) is 10.2. The molecule has 0 aliphatic heterocycles. The summed E-state index contributed by atoms with van der Waals surface area (Å²) in [4.78, 5) is 0. The van der Waals surface area contributed by atoms with E-state index in [2.05, 4.69) is 67.8 Å². The molecule has 0 nitrogen and oxygen atoms in total. The standard InChI is InChI=1S/C6H5I3Si/c7-3-1-4(8)6(10)5(9)2-3/h1-2H,10H3/i10T3. The fourth-order valence-electron chi connectivity index (χ4n) is 0.542. The van der Waals surface area contributed by atoms with Gasteiger partial charge in [-0.1, -0.05) is 0 Å². The molecule has 0 saturated heterocycles. The van der Waals surface area contributed by atoms with Gasteiger partial charge in [-0.3, -0.25) is 0 Å². The van der Waals surface area contributed by atoms with Gasteiger partial charge in [0.1, 0.15) is 0 Å². The second-order valence-corrected chi connectivity index (χ2v) is 5.81. The lowest BCUT2D eigenvalue weighted by molar-refractivity contribution is 1.60. The van der Waals surface area contributed by atoms with Crippen LogP contribution >= 0.6 is 67.8 Å². The summed E-state index contributed by atoms with van der Waals surface area (Å²) in [7, 11) is -3.41. The van der Waals surface area contributed by atoms with Gasteiger partial charge in [-0.2, -0.15) is 0 Å². The average Bonchev–Trinajstić information content (AvgIpc) is 1.78. The summed E-state index contributed by atoms with van der Waals surface area (Å²) in [6, 6.07) is 3.83. The Morgan fingerprint density at radius 1 is 1.20 bits per heavy atom. The Kier molecular flexibility index (Phi) is 2.48. The predicted molar refractivity (Wildman–Crippen MR) is 74.2 cm³/mol. The Labute approximate surface area is 108 Å². The largest absolute Gasteiger partial charge is 0.0446 e. The third-order valence-electron chi connectivity index (χ3n) is 1.01. The first-order chi connectivity index (χ1) is 5.82. The van der Waals surface area contributed by atoms with Gasteiger partial charge in [-0.05, 0) is 85.1 Å². The van der Waals surface area contributed by atoms with E-state index in [4.69, 9.17) is 3.70 Å². The van der Waals surface area contributed by atoms with E-state index in [-0.39, 0.29) is 0 Å². The maximum Gasteiger partial charge on any atom is 0.0412 e. The Bertz CT molecular complexity index is 313. The van der Waals surface area contributed by atoms with Gasteiger partial charge < -0.3 is 0 Å². The first kappa shape index (κ1) is 6.14. The van der Waals surface area contributed by atoms with Crippen LogP contribution in [0.15, 0.2) is 12.1 Å². The summed E-state index contributed by atoms with van der Waals surface area (Å²) in [6.45, 7) is 0. The van der Waals surface area contributed by atoms with E-state index in [1.165, 1.54) is 0 Å². The van der Waals surface area contributed by atoms with Crippen LogP contribution in [0.1, 0.15) is 0 Å². The van der Waals surface area contributed by atoms with Crippen molar-refractivity contribution in [3.05, 3.63) is 22.8 Å². The molecule has 0 fully saturated rings. The van der Waals surface area contributed by atoms with Gasteiger partial charge in [0.25, 0.3) is 0 Å². The average molecular weight is 492 g/mol. The second kappa shape index (κ2) is 4.03. The Morgan fingerprint density at radius 3 is 2.10 bits per heavy atom. The van der Waals surface area contributed by atoms with Gasteiger partial charge in [0.05, 0.1) is 0 Å². The molecule has 0 N–H and O–H groups in total. The molecule has 1 rings (SSSR count). The van der Waals surface area contributed by atoms with Crippen molar-refractivity contribution in [2.24, 2.45) is 0 Å². The molecule has 0 heterocycles. The lowest BCUT2D eigenvalue weighted by Crippen LogP contribution is -2.11. The fourth-order valence-corrected chi connectivity index (χ4v) is 4.27. The van der Waals surface area contributed by atoms with Crippen molar-refractivity contribution in [1.82, 2.24) is 0 Å². The summed E-state index contributed by atoms with van der Waals surface area (Å²) in [6.07, 6.45) is 0. The van der Waals surface area contributed by atoms with E-state index < -0.39 is 10.0 Å². The molecule has 0 aromatic heterocycles. The topological polar surface area (TPSA) is 0 Å². The number of hydrogen-bond acceptors (Lipinski definition) is 0. The molecule has 0 saturated carbocycles. The maximum atomic E-state index is 7.49. The van der Waals surface area contributed by atoms with Crippen LogP contribution in [-0.2, 0) is 0 Å². The van der Waals surface area contributed by atoms with Crippen LogP contribution in [0.5, 0.6) is 0 Å². The van der Waals surface area contributed by atoms with Crippen molar-refractivity contribution in [1.29, 1.82) is 3.70 Å². The molecule has 0 aliphatic rings. The normalized spacial score (nSPS) is 15.7. The molecule has 0 unspecified atom stereocenters. The smallest absolute Gasteiger partial charge is 0.0412 e. The summed E-state index contributed by atoms with van der Waals surface area (Å²) in [5, 5.41) is 0.606. The van der Waals surface area contributed by atoms with Gasteiger partial charge in [-0.25, -0.2) is 0 Å². The van der Waals surface area contributed by atoms with Crippen LogP contribution in [0.2, 0.25) is 0 Å². The third kappa shape index (κ3) is 2.31. The Balaban J connectivity index is 3.38. The predicted octanol–water partition coefficient (Wildman–Crippen LogP) is 1.49. The molecule has 10 heavy (non-hydrogen) atoms. The summed E-state index contributed by atoms with van der Waals surface area (Å²) < 4.78 is 25.3. The molecule has 0 spiro atoms. The molecule has 0 bridgehead atoms. The van der Waals surface area contributed by atoms with Crippen LogP contribution in [0.4, 0.5) is 0 Å². The molecule has 4 heteroatoms. The lowest BCUT2D eigenvalue weighted by Gasteiger charge is -2.01. The van der Waals surface area contributed by atoms with E-state index in [1.807, 2.05) is 12.1 Å². The molecule has 0 radical (unpaired) electrons. The highest BCUT2D eigenvalue weighted by Crippen LogP contribution is 2.12. The highest BCUT2D eigenvalue weighted by Gasteiger charge is 1.99. The number of halogens is 3. The van der Waals surface area contributed by atoms with Gasteiger partial charge in [0.2, 0.25) is 0 Å². The van der Waals surface area contributed by atoms with Crippen molar-refractivity contribution in [2.75, 3.05) is 0 Å². The Hall–Kier alpha value is 1.63. The quantitative estimate of drug-likeness (QED) is 0.412. The fraction of sp³-hybridized carbons (Fsp3) is 0. The number of benzene rings is 1. The van der Waals surface area contributed by atoms with Gasteiger partial charge in [-0.15, -0.1) is 0 Å². The minimum atomic E-state index is -3.41. The molecule has 0 amide bonds. The van der Waals surface area contributed by atoms with Crippen molar-refractivity contribution < 1.29 is 0 Å². The van der Waals surface area contributed by atoms with Crippen LogP contribution in [0.25, 0.3) is 0 Å². The van der Waals surface area contributed by atoms with Gasteiger partial charge in [0.15, 0.2) is 0 Å². The molecule has 1 aromatic carbocycles. The summed E-state index contributed by atoms with van der Waals surface area (Å²) in [5.41, 5.74) is 0. The zero-order valence-electron chi connectivity index (χ0n) is 7.79. The lowest BCUT2D eigenvalue weighted by atomic mass is 10.4. The monoisotopic (exact) mass is 492 g/mol. The minimum absolute atomic E-state index is 0.606. The van der Waals surface area contributed by atoms with Crippen LogP contribution < -0.4 is 5.19 Å². The number of hydrogen-bond donors (Lipinski definition) is 0. The SMILES string of the molecule is [3H][Si]([3H])([3H])c1c(I)cc(I)cc1I. The molecule has 0 atom stereocenters. The van der Waals surface area contributed by atoms with Crippen molar-refractivity contribution in [3.8, 4) is 0 Å². The van der Waals surface area contributed by atoms with Crippen molar-refractivity contribution >= 4 is 83.0 Å². The highest BCUT2D eigenvalue weighted by molar-refractivity contribution is 14.1. The van der Waals surface area contributed by atoms with Crippen molar-refractivity contribution in [2.45, 2.75) is 0 Å². The Morgan fingerprint density at radius 2 is 1.70 bits per heavy atom. The summed E-state index contributed by atoms with van der Waals surface area (Å²) in [5.74, 6) is 0. The minimum Gasteiger partial charge on any atom is -0.0446 e. The van der Waals surface area contributed by atoms with E-state index >= 15 is 0 Å². The van der Waals surface area contributed by atoms with Crippen LogP contribution in [-0.4, -0.2) is 13.7 Å². The van der Waals surface area contributed by atoms with E-state index in [1.54, 1.807) is 0 Å². The molecule has 54 valence electrons. The summed E-state index contributed by atoms with van der Waals surface area (Å²) >= 11 is 6.40. The maximum absolute atomic E-state index is 7.49. The van der Waals surface area contributed by atoms with E-state index in [0.717, 1.165) is 10.7 Å². The van der Waals surface area contributed by atoms with E-state index in [0.29, 0.717) is 5.19 Å². The third-order valence-corrected chi connectivity index (χ3v) is 4.89. The van der Waals surface area contributed by atoms with E-state index in [9.17, 15) is 0 Å². The van der Waals surface area contributed by atoms with Gasteiger partial charge in [0, 0.05) is 24.5 Å². The highest BCUT2D eigenvalue weighted by atomic mass is 127. The first-order valence-electron chi connectivity index (χ1n) is 3.97. The van der Waals surface area contributed by atoms with Gasteiger partial charge >= 0.3 is 0 Å². The zero-order valence-corrected chi connectivity index (χ0v) is 12.3. The first-order valence-corrected chi connectivity index (χ1v) is 6.21. The molecule has 0 aliphatic carbocycles. The van der Waals surface area contributed by atoms with Crippen molar-refractivity contribution in [3.63, 3.8) is 0 Å². The second-order valence-electron chi connectivity index (χ2n) is 1.74. The number of rotatable bonds is 1. The molecule has 1 aromatic rings. The molecular formula is C6H5I3Si. The van der Waals surface area contributed by atoms with Crippen LogP contribution in [0, 0.1) is 10.7 Å². The van der Waals surface area contributed by atoms with Crippen LogP contribution in [0.3, 0.4) is 0 Å². The molecular weight excluding hydrogens is 481 g/mol.